The lowest BCUT2D eigenvalue weighted by Crippen LogP contribution is -2.48. The minimum Gasteiger partial charge on any atom is -0.496 e. The summed E-state index contributed by atoms with van der Waals surface area (Å²) in [6, 6.07) is 9.56. The molecule has 1 saturated heterocycles. The molecule has 3 rings (SSSR count). The van der Waals surface area contributed by atoms with Crippen LogP contribution in [-0.2, 0) is 16.1 Å². The second-order valence-corrected chi connectivity index (χ2v) is 7.21. The smallest absolute Gasteiger partial charge is 0.414 e. The number of hydrogen-bond donors (Lipinski definition) is 2. The second kappa shape index (κ2) is 12.4. The highest BCUT2D eigenvalue weighted by Crippen LogP contribution is 2.35. The summed E-state index contributed by atoms with van der Waals surface area (Å²) in [5.41, 5.74) is 1.38. The number of methoxy groups -OCH3 is 3. The van der Waals surface area contributed by atoms with Crippen molar-refractivity contribution < 1.29 is 43.2 Å². The maximum Gasteiger partial charge on any atom is 0.414 e. The number of hydrogen-bond acceptors (Lipinski definition) is 7. The topological polar surface area (TPSA) is 126 Å². The number of halogens is 1. The standard InChI is InChI=1S/C21H25FN2O4.C2H2O4/c1-26-18-13-20(28-3)19(27-2)12-16(18)14-23-7-9-24(10-8-23)21(25)15-5-4-6-17(22)11-15;3-1(4)2(5)6/h4-6,11-13H,7-10,14H2,1-3H3;(H,3,4)(H,5,6). The van der Waals surface area contributed by atoms with E-state index in [0.717, 1.165) is 24.4 Å². The first-order chi connectivity index (χ1) is 16.2. The summed E-state index contributed by atoms with van der Waals surface area (Å²) >= 11 is 0. The van der Waals surface area contributed by atoms with Gasteiger partial charge in [0, 0.05) is 49.9 Å². The summed E-state index contributed by atoms with van der Waals surface area (Å²) < 4.78 is 29.6. The Balaban J connectivity index is 0.000000604. The molecule has 0 bridgehead atoms. The molecule has 2 N–H and O–H groups in total. The van der Waals surface area contributed by atoms with Crippen LogP contribution in [0.25, 0.3) is 0 Å². The molecule has 1 aliphatic rings. The lowest BCUT2D eigenvalue weighted by Gasteiger charge is -2.35. The average Bonchev–Trinajstić information content (AvgIpc) is 2.84. The van der Waals surface area contributed by atoms with Crippen LogP contribution in [0, 0.1) is 5.82 Å². The van der Waals surface area contributed by atoms with Gasteiger partial charge in [0.15, 0.2) is 11.5 Å². The number of amides is 1. The number of nitrogens with zero attached hydrogens (tertiary/aromatic N) is 2. The summed E-state index contributed by atoms with van der Waals surface area (Å²) in [5, 5.41) is 14.8. The van der Waals surface area contributed by atoms with E-state index in [1.54, 1.807) is 38.4 Å². The number of carboxylic acids is 2. The van der Waals surface area contributed by atoms with Gasteiger partial charge >= 0.3 is 11.9 Å². The average molecular weight is 478 g/mol. The van der Waals surface area contributed by atoms with E-state index in [2.05, 4.69) is 4.90 Å². The molecule has 0 radical (unpaired) electrons. The summed E-state index contributed by atoms with van der Waals surface area (Å²) in [7, 11) is 4.82. The van der Waals surface area contributed by atoms with Crippen molar-refractivity contribution in [1.82, 2.24) is 9.80 Å². The van der Waals surface area contributed by atoms with Crippen molar-refractivity contribution in [1.29, 1.82) is 0 Å². The number of aliphatic carboxylic acids is 2. The van der Waals surface area contributed by atoms with Crippen LogP contribution >= 0.6 is 0 Å². The van der Waals surface area contributed by atoms with Crippen molar-refractivity contribution in [2.24, 2.45) is 0 Å². The maximum atomic E-state index is 13.4. The fourth-order valence-electron chi connectivity index (χ4n) is 3.37. The van der Waals surface area contributed by atoms with Crippen LogP contribution < -0.4 is 14.2 Å². The maximum absolute atomic E-state index is 13.4. The van der Waals surface area contributed by atoms with Crippen molar-refractivity contribution in [2.45, 2.75) is 6.54 Å². The number of carbonyl (C=O) groups excluding carboxylic acids is 1. The molecule has 0 aromatic heterocycles. The Morgan fingerprint density at radius 2 is 1.41 bits per heavy atom. The van der Waals surface area contributed by atoms with E-state index in [4.69, 9.17) is 34.0 Å². The number of ether oxygens (including phenoxy) is 3. The third-order valence-electron chi connectivity index (χ3n) is 5.09. The minimum atomic E-state index is -1.82. The molecule has 0 spiro atoms. The van der Waals surface area contributed by atoms with Gasteiger partial charge in [-0.3, -0.25) is 9.69 Å². The number of carbonyl (C=O) groups is 3. The number of carboxylic acid groups (broad SMARTS) is 2. The molecule has 2 aromatic rings. The van der Waals surface area contributed by atoms with E-state index in [-0.39, 0.29) is 5.91 Å². The highest BCUT2D eigenvalue weighted by Gasteiger charge is 2.23. The van der Waals surface area contributed by atoms with Gasteiger partial charge in [-0.05, 0) is 24.3 Å². The summed E-state index contributed by atoms with van der Waals surface area (Å²) in [4.78, 5) is 34.8. The van der Waals surface area contributed by atoms with E-state index in [1.165, 1.54) is 12.1 Å². The zero-order valence-corrected chi connectivity index (χ0v) is 19.1. The molecule has 0 unspecified atom stereocenters. The molecule has 1 fully saturated rings. The highest BCUT2D eigenvalue weighted by atomic mass is 19.1. The first-order valence-corrected chi connectivity index (χ1v) is 10.2. The fraction of sp³-hybridized carbons (Fsp3) is 0.348. The summed E-state index contributed by atoms with van der Waals surface area (Å²) in [6.07, 6.45) is 0. The van der Waals surface area contributed by atoms with Gasteiger partial charge in [-0.1, -0.05) is 6.07 Å². The third-order valence-corrected chi connectivity index (χ3v) is 5.09. The number of benzene rings is 2. The van der Waals surface area contributed by atoms with Crippen LogP contribution in [0.3, 0.4) is 0 Å². The molecule has 0 saturated carbocycles. The highest BCUT2D eigenvalue weighted by molar-refractivity contribution is 6.27. The van der Waals surface area contributed by atoms with E-state index in [0.29, 0.717) is 36.7 Å². The SMILES string of the molecule is COc1cc(OC)c(OC)cc1CN1CCN(C(=O)c2cccc(F)c2)CC1.O=C(O)C(=O)O. The van der Waals surface area contributed by atoms with Crippen LogP contribution in [0.1, 0.15) is 15.9 Å². The van der Waals surface area contributed by atoms with Crippen molar-refractivity contribution in [3.05, 3.63) is 53.3 Å². The molecule has 10 nitrogen and oxygen atoms in total. The molecular formula is C23H27FN2O8. The van der Waals surface area contributed by atoms with Gasteiger partial charge in [0.2, 0.25) is 0 Å². The van der Waals surface area contributed by atoms with Gasteiger partial charge in [-0.25, -0.2) is 14.0 Å². The first kappa shape index (κ1) is 26.4. The van der Waals surface area contributed by atoms with Crippen molar-refractivity contribution >= 4 is 17.8 Å². The van der Waals surface area contributed by atoms with Crippen LogP contribution in [0.15, 0.2) is 36.4 Å². The van der Waals surface area contributed by atoms with Crippen LogP contribution in [0.2, 0.25) is 0 Å². The second-order valence-electron chi connectivity index (χ2n) is 7.21. The Morgan fingerprint density at radius 1 is 0.853 bits per heavy atom. The van der Waals surface area contributed by atoms with Crippen molar-refractivity contribution in [3.8, 4) is 17.2 Å². The van der Waals surface area contributed by atoms with E-state index in [1.807, 2.05) is 12.1 Å². The van der Waals surface area contributed by atoms with Gasteiger partial charge < -0.3 is 29.3 Å². The zero-order valence-electron chi connectivity index (χ0n) is 19.1. The third kappa shape index (κ3) is 7.07. The van der Waals surface area contributed by atoms with Crippen LogP contribution in [0.4, 0.5) is 4.39 Å². The molecule has 1 amide bonds. The Labute approximate surface area is 196 Å². The van der Waals surface area contributed by atoms with E-state index in [9.17, 15) is 9.18 Å². The molecule has 0 atom stereocenters. The van der Waals surface area contributed by atoms with Gasteiger partial charge in [0.1, 0.15) is 11.6 Å². The molecule has 184 valence electrons. The van der Waals surface area contributed by atoms with E-state index < -0.39 is 17.8 Å². The molecule has 1 aliphatic heterocycles. The van der Waals surface area contributed by atoms with Crippen LogP contribution in [-0.4, -0.2) is 85.4 Å². The van der Waals surface area contributed by atoms with Crippen molar-refractivity contribution in [2.75, 3.05) is 47.5 Å². The lowest BCUT2D eigenvalue weighted by molar-refractivity contribution is -0.159. The molecule has 11 heteroatoms. The first-order valence-electron chi connectivity index (χ1n) is 10.2. The minimum absolute atomic E-state index is 0.136. The van der Waals surface area contributed by atoms with Gasteiger partial charge in [-0.2, -0.15) is 0 Å². The lowest BCUT2D eigenvalue weighted by atomic mass is 10.1. The normalized spacial score (nSPS) is 13.4. The Bertz CT molecular complexity index is 1010. The Hall–Kier alpha value is -3.86. The summed E-state index contributed by atoms with van der Waals surface area (Å²) in [6.45, 7) is 3.29. The quantitative estimate of drug-likeness (QED) is 0.599. The largest absolute Gasteiger partial charge is 0.496 e. The summed E-state index contributed by atoms with van der Waals surface area (Å²) in [5.74, 6) is -2.18. The predicted molar refractivity (Wildman–Crippen MR) is 119 cm³/mol. The van der Waals surface area contributed by atoms with Crippen LogP contribution in [0.5, 0.6) is 17.2 Å². The fourth-order valence-corrected chi connectivity index (χ4v) is 3.37. The van der Waals surface area contributed by atoms with Gasteiger partial charge in [-0.15, -0.1) is 0 Å². The zero-order chi connectivity index (χ0) is 25.3. The van der Waals surface area contributed by atoms with Gasteiger partial charge in [0.25, 0.3) is 5.91 Å². The van der Waals surface area contributed by atoms with Gasteiger partial charge in [0.05, 0.1) is 21.3 Å². The Morgan fingerprint density at radius 3 is 1.91 bits per heavy atom. The molecule has 1 heterocycles. The Kier molecular flexibility index (Phi) is 9.62. The molecule has 0 aliphatic carbocycles. The van der Waals surface area contributed by atoms with E-state index >= 15 is 0 Å². The van der Waals surface area contributed by atoms with Crippen molar-refractivity contribution in [3.63, 3.8) is 0 Å². The molecule has 34 heavy (non-hydrogen) atoms. The number of rotatable bonds is 6. The molecular weight excluding hydrogens is 451 g/mol. The molecule has 2 aromatic carbocycles. The monoisotopic (exact) mass is 478 g/mol. The predicted octanol–water partition coefficient (Wildman–Crippen LogP) is 1.97. The number of piperazine rings is 1.